The van der Waals surface area contributed by atoms with E-state index >= 15 is 0 Å². The van der Waals surface area contributed by atoms with Crippen molar-refractivity contribution in [2.75, 3.05) is 5.75 Å². The highest BCUT2D eigenvalue weighted by Crippen LogP contribution is 2.23. The Hall–Kier alpha value is -0.760. The molecule has 0 spiro atoms. The van der Waals surface area contributed by atoms with Crippen molar-refractivity contribution >= 4 is 16.9 Å². The molecule has 0 N–H and O–H groups in total. The van der Waals surface area contributed by atoms with Crippen LogP contribution in [0.1, 0.15) is 89.5 Å². The average molecular weight is 335 g/mol. The lowest BCUT2D eigenvalue weighted by atomic mass is 10.0. The molecule has 0 aliphatic heterocycles. The van der Waals surface area contributed by atoms with Crippen LogP contribution >= 0.6 is 11.8 Å². The van der Waals surface area contributed by atoms with Crippen LogP contribution in [0.5, 0.6) is 0 Å². The summed E-state index contributed by atoms with van der Waals surface area (Å²) >= 11 is 1.52. The molecule has 0 aliphatic carbocycles. The van der Waals surface area contributed by atoms with Gasteiger partial charge in [-0.05, 0) is 12.0 Å². The fourth-order valence-electron chi connectivity index (χ4n) is 2.77. The Morgan fingerprint density at radius 1 is 0.870 bits per heavy atom. The largest absolute Gasteiger partial charge is 0.287 e. The maximum absolute atomic E-state index is 12.2. The molecule has 0 radical (unpaired) electrons. The topological polar surface area (TPSA) is 17.1 Å². The van der Waals surface area contributed by atoms with Gasteiger partial charge in [-0.2, -0.15) is 0 Å². The molecule has 23 heavy (non-hydrogen) atoms. The molecule has 0 amide bonds. The second kappa shape index (κ2) is 13.7. The van der Waals surface area contributed by atoms with Crippen LogP contribution in [0, 0.1) is 0 Å². The van der Waals surface area contributed by atoms with Crippen molar-refractivity contribution in [2.45, 2.75) is 84.0 Å². The first-order chi connectivity index (χ1) is 11.3. The van der Waals surface area contributed by atoms with Crippen molar-refractivity contribution in [1.82, 2.24) is 0 Å². The second-order valence-corrected chi connectivity index (χ2v) is 7.58. The lowest BCUT2D eigenvalue weighted by Gasteiger charge is -2.10. The van der Waals surface area contributed by atoms with E-state index in [0.717, 1.165) is 11.3 Å². The fraction of sp³-hybridized carbons (Fsp3) is 0.667. The highest BCUT2D eigenvalue weighted by Gasteiger charge is 2.14. The molecule has 1 nitrogen and oxygen atoms in total. The Bertz CT molecular complexity index is 402. The molecule has 0 saturated carbocycles. The lowest BCUT2D eigenvalue weighted by molar-refractivity contribution is -0.111. The van der Waals surface area contributed by atoms with E-state index in [0.29, 0.717) is 5.12 Å². The maximum Gasteiger partial charge on any atom is 0.196 e. The number of carbonyl (C=O) groups is 1. The second-order valence-electron chi connectivity index (χ2n) is 6.48. The monoisotopic (exact) mass is 334 g/mol. The number of unbranched alkanes of at least 4 members (excludes halogenated alkanes) is 9. The van der Waals surface area contributed by atoms with E-state index in [9.17, 15) is 4.79 Å². The number of thioether (sulfide) groups is 1. The predicted molar refractivity (Wildman–Crippen MR) is 104 cm³/mol. The summed E-state index contributed by atoms with van der Waals surface area (Å²) in [5.41, 5.74) is 1.13. The van der Waals surface area contributed by atoms with Crippen molar-refractivity contribution in [3.05, 3.63) is 35.9 Å². The summed E-state index contributed by atoms with van der Waals surface area (Å²) in [5, 5.41) is 0.312. The third kappa shape index (κ3) is 9.86. The van der Waals surface area contributed by atoms with Crippen LogP contribution in [-0.4, -0.2) is 10.9 Å². The highest BCUT2D eigenvalue weighted by molar-refractivity contribution is 8.13. The molecule has 2 heteroatoms. The minimum absolute atomic E-state index is 0.0179. The molecular formula is C21H34OS. The van der Waals surface area contributed by atoms with Gasteiger partial charge in [0.1, 0.15) is 0 Å². The Morgan fingerprint density at radius 3 is 1.96 bits per heavy atom. The van der Waals surface area contributed by atoms with Crippen LogP contribution in [0.3, 0.4) is 0 Å². The molecular weight excluding hydrogens is 300 g/mol. The number of carbonyl (C=O) groups excluding carboxylic acids is 1. The number of benzene rings is 1. The molecule has 0 heterocycles. The molecule has 1 aromatic carbocycles. The molecule has 0 fully saturated rings. The van der Waals surface area contributed by atoms with Crippen LogP contribution in [0.4, 0.5) is 0 Å². The number of rotatable bonds is 13. The third-order valence-electron chi connectivity index (χ3n) is 4.40. The van der Waals surface area contributed by atoms with Crippen LogP contribution in [0.2, 0.25) is 0 Å². The van der Waals surface area contributed by atoms with Gasteiger partial charge in [0.15, 0.2) is 5.12 Å². The van der Waals surface area contributed by atoms with Gasteiger partial charge in [0.2, 0.25) is 0 Å². The van der Waals surface area contributed by atoms with E-state index < -0.39 is 0 Å². The Balaban J connectivity index is 1.95. The van der Waals surface area contributed by atoms with E-state index in [4.69, 9.17) is 0 Å². The van der Waals surface area contributed by atoms with Gasteiger partial charge >= 0.3 is 0 Å². The van der Waals surface area contributed by atoms with Crippen LogP contribution < -0.4 is 0 Å². The molecule has 0 saturated heterocycles. The predicted octanol–water partition coefficient (Wildman–Crippen LogP) is 6.97. The Labute approximate surface area is 147 Å². The number of hydrogen-bond acceptors (Lipinski definition) is 2. The van der Waals surface area contributed by atoms with Crippen molar-refractivity contribution < 1.29 is 4.79 Å². The Morgan fingerprint density at radius 2 is 1.39 bits per heavy atom. The maximum atomic E-state index is 12.2. The average Bonchev–Trinajstić information content (AvgIpc) is 2.59. The SMILES string of the molecule is CCCCCCCCCCCCSC(=O)[C@H](C)c1ccccc1. The van der Waals surface area contributed by atoms with Crippen molar-refractivity contribution in [2.24, 2.45) is 0 Å². The zero-order chi connectivity index (χ0) is 16.8. The smallest absolute Gasteiger partial charge is 0.196 e. The minimum atomic E-state index is 0.0179. The van der Waals surface area contributed by atoms with Gasteiger partial charge in [0.25, 0.3) is 0 Å². The van der Waals surface area contributed by atoms with E-state index in [1.165, 1.54) is 76.0 Å². The van der Waals surface area contributed by atoms with Gasteiger partial charge in [-0.3, -0.25) is 4.79 Å². The zero-order valence-corrected chi connectivity index (χ0v) is 15.9. The molecule has 1 rings (SSSR count). The molecule has 1 aromatic rings. The summed E-state index contributed by atoms with van der Waals surface area (Å²) in [6, 6.07) is 10.1. The van der Waals surface area contributed by atoms with E-state index in [-0.39, 0.29) is 5.92 Å². The normalized spacial score (nSPS) is 12.3. The standard InChI is InChI=1S/C21H34OS/c1-3-4-5-6-7-8-9-10-11-15-18-23-21(22)19(2)20-16-13-12-14-17-20/h12-14,16-17,19H,3-11,15,18H2,1-2H3/t19-/m1/s1. The van der Waals surface area contributed by atoms with E-state index in [1.54, 1.807) is 0 Å². The minimum Gasteiger partial charge on any atom is -0.287 e. The highest BCUT2D eigenvalue weighted by atomic mass is 32.2. The Kier molecular flexibility index (Phi) is 12.0. The summed E-state index contributed by atoms with van der Waals surface area (Å²) in [4.78, 5) is 12.2. The van der Waals surface area contributed by atoms with Crippen molar-refractivity contribution in [1.29, 1.82) is 0 Å². The van der Waals surface area contributed by atoms with Crippen molar-refractivity contribution in [3.63, 3.8) is 0 Å². The third-order valence-corrected chi connectivity index (χ3v) is 5.53. The number of hydrogen-bond donors (Lipinski definition) is 0. The van der Waals surface area contributed by atoms with Gasteiger partial charge in [-0.15, -0.1) is 0 Å². The van der Waals surface area contributed by atoms with Crippen LogP contribution in [0.25, 0.3) is 0 Å². The molecule has 0 unspecified atom stereocenters. The van der Waals surface area contributed by atoms with Gasteiger partial charge in [-0.25, -0.2) is 0 Å². The first kappa shape index (κ1) is 20.3. The van der Waals surface area contributed by atoms with Gasteiger partial charge in [-0.1, -0.05) is 114 Å². The summed E-state index contributed by atoms with van der Waals surface area (Å²) in [7, 11) is 0. The van der Waals surface area contributed by atoms with E-state index in [1.807, 2.05) is 37.3 Å². The summed E-state index contributed by atoms with van der Waals surface area (Å²) < 4.78 is 0. The van der Waals surface area contributed by atoms with Crippen LogP contribution in [-0.2, 0) is 4.79 Å². The quantitative estimate of drug-likeness (QED) is 0.362. The van der Waals surface area contributed by atoms with Gasteiger partial charge in [0.05, 0.1) is 5.92 Å². The molecule has 0 aliphatic rings. The molecule has 0 bridgehead atoms. The summed E-state index contributed by atoms with van der Waals surface area (Å²) in [6.07, 6.45) is 13.5. The molecule has 0 aromatic heterocycles. The van der Waals surface area contributed by atoms with Crippen LogP contribution in [0.15, 0.2) is 30.3 Å². The van der Waals surface area contributed by atoms with Gasteiger partial charge in [0, 0.05) is 5.75 Å². The lowest BCUT2D eigenvalue weighted by Crippen LogP contribution is -2.05. The van der Waals surface area contributed by atoms with E-state index in [2.05, 4.69) is 6.92 Å². The fourth-order valence-corrected chi connectivity index (χ4v) is 3.70. The zero-order valence-electron chi connectivity index (χ0n) is 15.1. The molecule has 130 valence electrons. The first-order valence-corrected chi connectivity index (χ1v) is 10.5. The summed E-state index contributed by atoms with van der Waals surface area (Å²) in [6.45, 7) is 4.28. The molecule has 1 atom stereocenters. The first-order valence-electron chi connectivity index (χ1n) is 9.47. The summed E-state index contributed by atoms with van der Waals surface area (Å²) in [5.74, 6) is 0.997. The van der Waals surface area contributed by atoms with Gasteiger partial charge < -0.3 is 0 Å². The van der Waals surface area contributed by atoms with Crippen molar-refractivity contribution in [3.8, 4) is 0 Å².